The Labute approximate surface area is 223 Å². The molecule has 0 fully saturated rings. The molecule has 1 heterocycles. The highest BCUT2D eigenvalue weighted by molar-refractivity contribution is 6.08. The maximum Gasteiger partial charge on any atom is 0.306 e. The molecule has 4 aromatic rings. The number of fused-ring (bicyclic) bond motifs is 3. The molecule has 0 aliphatic rings. The molecule has 4 rings (SSSR count). The lowest BCUT2D eigenvalue weighted by molar-refractivity contribution is -0.144. The normalized spacial score (nSPS) is 12.9. The van der Waals surface area contributed by atoms with Crippen molar-refractivity contribution in [2.24, 2.45) is 18.9 Å². The van der Waals surface area contributed by atoms with Gasteiger partial charge >= 0.3 is 5.97 Å². The van der Waals surface area contributed by atoms with Crippen molar-refractivity contribution in [3.05, 3.63) is 83.9 Å². The Morgan fingerprint density at radius 2 is 1.55 bits per heavy atom. The van der Waals surface area contributed by atoms with Crippen LogP contribution in [0.4, 0.5) is 0 Å². The van der Waals surface area contributed by atoms with Gasteiger partial charge in [-0.1, -0.05) is 68.4 Å². The topological polar surface area (TPSA) is 89.4 Å². The molecule has 0 saturated heterocycles. The van der Waals surface area contributed by atoms with Crippen LogP contribution in [0.2, 0.25) is 0 Å². The number of hydrogen-bond donors (Lipinski definition) is 2. The van der Waals surface area contributed by atoms with Gasteiger partial charge in [0.15, 0.2) is 0 Å². The van der Waals surface area contributed by atoms with Gasteiger partial charge < -0.3 is 19.9 Å². The van der Waals surface area contributed by atoms with Gasteiger partial charge in [0.2, 0.25) is 11.8 Å². The van der Waals surface area contributed by atoms with Crippen molar-refractivity contribution >= 4 is 39.6 Å². The molecule has 1 aromatic heterocycles. The van der Waals surface area contributed by atoms with Gasteiger partial charge in [0, 0.05) is 41.3 Å². The summed E-state index contributed by atoms with van der Waals surface area (Å²) in [6.45, 7) is 4.33. The highest BCUT2D eigenvalue weighted by Gasteiger charge is 2.29. The average molecular weight is 514 g/mol. The maximum atomic E-state index is 13.6. The van der Waals surface area contributed by atoms with Crippen LogP contribution in [0.1, 0.15) is 43.9 Å². The summed E-state index contributed by atoms with van der Waals surface area (Å²) < 4.78 is 6.95. The van der Waals surface area contributed by atoms with Crippen molar-refractivity contribution in [3.63, 3.8) is 0 Å². The van der Waals surface area contributed by atoms with Crippen LogP contribution in [0, 0.1) is 11.8 Å². The van der Waals surface area contributed by atoms with Crippen molar-refractivity contribution in [1.82, 2.24) is 15.2 Å². The first-order valence-electron chi connectivity index (χ1n) is 12.9. The highest BCUT2D eigenvalue weighted by Crippen LogP contribution is 2.31. The lowest BCUT2D eigenvalue weighted by Crippen LogP contribution is -2.43. The fraction of sp³-hybridized carbons (Fsp3) is 0.323. The number of aryl methyl sites for hydroxylation is 1. The third-order valence-electron chi connectivity index (χ3n) is 6.90. The number of carbonyl (C=O) groups is 3. The predicted octanol–water partition coefficient (Wildman–Crippen LogP) is 5.03. The molecule has 0 bridgehead atoms. The molecule has 2 N–H and O–H groups in total. The first-order valence-corrected chi connectivity index (χ1v) is 12.9. The standard InChI is InChI=1S/C31H35N3O4/c1-20(2)16-23(18-28(35)38-4)30(36)33-29(31(37)32-19-21-10-6-5-7-11-21)22-14-15-27-25(17-22)24-12-8-9-13-26(24)34(27)3/h5-15,17,20,23,29H,16,18-19H2,1-4H3,(H,32,37)(H,33,36)/t23-,29?/m1/s1. The van der Waals surface area contributed by atoms with E-state index in [1.54, 1.807) is 0 Å². The fourth-order valence-corrected chi connectivity index (χ4v) is 4.95. The number of nitrogens with zero attached hydrogens (tertiary/aromatic N) is 1. The van der Waals surface area contributed by atoms with Gasteiger partial charge in [-0.2, -0.15) is 0 Å². The van der Waals surface area contributed by atoms with E-state index >= 15 is 0 Å². The lowest BCUT2D eigenvalue weighted by Gasteiger charge is -2.23. The molecule has 0 radical (unpaired) electrons. The van der Waals surface area contributed by atoms with E-state index in [1.807, 2.05) is 81.6 Å². The molecule has 0 aliphatic carbocycles. The quantitative estimate of drug-likeness (QED) is 0.291. The number of esters is 1. The van der Waals surface area contributed by atoms with Crippen molar-refractivity contribution in [2.45, 2.75) is 39.3 Å². The number of aromatic nitrogens is 1. The largest absolute Gasteiger partial charge is 0.469 e. The molecular weight excluding hydrogens is 478 g/mol. The Bertz CT molecular complexity index is 1440. The monoisotopic (exact) mass is 513 g/mol. The minimum atomic E-state index is -0.929. The number of amides is 2. The Morgan fingerprint density at radius 3 is 2.26 bits per heavy atom. The number of ether oxygens (including phenoxy) is 1. The molecule has 1 unspecified atom stereocenters. The minimum Gasteiger partial charge on any atom is -0.469 e. The van der Waals surface area contributed by atoms with E-state index in [9.17, 15) is 14.4 Å². The molecule has 0 saturated carbocycles. The van der Waals surface area contributed by atoms with Gasteiger partial charge in [-0.05, 0) is 41.7 Å². The van der Waals surface area contributed by atoms with E-state index in [-0.39, 0.29) is 24.2 Å². The second-order valence-electron chi connectivity index (χ2n) is 10.1. The van der Waals surface area contributed by atoms with Crippen LogP contribution in [-0.4, -0.2) is 29.5 Å². The van der Waals surface area contributed by atoms with Gasteiger partial charge in [-0.15, -0.1) is 0 Å². The predicted molar refractivity (Wildman–Crippen MR) is 149 cm³/mol. The number of para-hydroxylation sites is 1. The zero-order valence-electron chi connectivity index (χ0n) is 22.4. The summed E-state index contributed by atoms with van der Waals surface area (Å²) in [5.74, 6) is -1.53. The third kappa shape index (κ3) is 6.05. The Balaban J connectivity index is 1.69. The van der Waals surface area contributed by atoms with Crippen molar-refractivity contribution in [3.8, 4) is 0 Å². The first-order chi connectivity index (χ1) is 18.3. The number of methoxy groups -OCH3 is 1. The van der Waals surface area contributed by atoms with Crippen LogP contribution in [0.3, 0.4) is 0 Å². The zero-order valence-corrected chi connectivity index (χ0v) is 22.4. The van der Waals surface area contributed by atoms with E-state index in [0.29, 0.717) is 18.5 Å². The van der Waals surface area contributed by atoms with Gasteiger partial charge in [0.1, 0.15) is 6.04 Å². The Kier molecular flexibility index (Phi) is 8.46. The molecule has 2 atom stereocenters. The van der Waals surface area contributed by atoms with E-state index in [1.165, 1.54) is 7.11 Å². The lowest BCUT2D eigenvalue weighted by atomic mass is 9.92. The summed E-state index contributed by atoms with van der Waals surface area (Å²) in [7, 11) is 3.32. The van der Waals surface area contributed by atoms with Crippen molar-refractivity contribution in [1.29, 1.82) is 0 Å². The average Bonchev–Trinajstić information content (AvgIpc) is 3.21. The smallest absolute Gasteiger partial charge is 0.306 e. The van der Waals surface area contributed by atoms with Gasteiger partial charge in [-0.3, -0.25) is 14.4 Å². The van der Waals surface area contributed by atoms with Gasteiger partial charge in [0.05, 0.1) is 13.5 Å². The number of hydrogen-bond acceptors (Lipinski definition) is 4. The molecular formula is C31H35N3O4. The fourth-order valence-electron chi connectivity index (χ4n) is 4.95. The molecule has 198 valence electrons. The number of carbonyl (C=O) groups excluding carboxylic acids is 3. The molecule has 2 amide bonds. The Hall–Kier alpha value is -4.13. The number of rotatable bonds is 10. The maximum absolute atomic E-state index is 13.6. The van der Waals surface area contributed by atoms with E-state index < -0.39 is 17.9 Å². The molecule has 7 nitrogen and oxygen atoms in total. The van der Waals surface area contributed by atoms with E-state index in [2.05, 4.69) is 27.3 Å². The highest BCUT2D eigenvalue weighted by atomic mass is 16.5. The molecule has 0 spiro atoms. The van der Waals surface area contributed by atoms with Crippen LogP contribution >= 0.6 is 0 Å². The molecule has 0 aliphatic heterocycles. The second kappa shape index (κ2) is 11.9. The Morgan fingerprint density at radius 1 is 0.868 bits per heavy atom. The summed E-state index contributed by atoms with van der Waals surface area (Å²) in [6, 6.07) is 22.6. The van der Waals surface area contributed by atoms with Crippen LogP contribution < -0.4 is 10.6 Å². The molecule has 3 aromatic carbocycles. The summed E-state index contributed by atoms with van der Waals surface area (Å²) in [6.07, 6.45) is 0.461. The number of nitrogens with one attached hydrogen (secondary N) is 2. The van der Waals surface area contributed by atoms with Crippen LogP contribution in [0.15, 0.2) is 72.8 Å². The zero-order chi connectivity index (χ0) is 27.2. The summed E-state index contributed by atoms with van der Waals surface area (Å²) >= 11 is 0. The van der Waals surface area contributed by atoms with E-state index in [4.69, 9.17) is 4.74 Å². The van der Waals surface area contributed by atoms with Crippen LogP contribution in [0.5, 0.6) is 0 Å². The minimum absolute atomic E-state index is 0.0405. The summed E-state index contributed by atoms with van der Waals surface area (Å²) in [5, 5.41) is 8.01. The molecule has 7 heteroatoms. The van der Waals surface area contributed by atoms with Crippen molar-refractivity contribution in [2.75, 3.05) is 7.11 Å². The first kappa shape index (κ1) is 26.9. The number of benzene rings is 3. The second-order valence-corrected chi connectivity index (χ2v) is 10.1. The van der Waals surface area contributed by atoms with Crippen LogP contribution in [0.25, 0.3) is 21.8 Å². The SMILES string of the molecule is COC(=O)C[C@@H](CC(C)C)C(=O)NC(C(=O)NCc1ccccc1)c1ccc2c(c1)c1ccccc1n2C. The summed E-state index contributed by atoms with van der Waals surface area (Å²) in [4.78, 5) is 39.1. The van der Waals surface area contributed by atoms with Crippen molar-refractivity contribution < 1.29 is 19.1 Å². The van der Waals surface area contributed by atoms with Gasteiger partial charge in [-0.25, -0.2) is 0 Å². The van der Waals surface area contributed by atoms with E-state index in [0.717, 1.165) is 27.4 Å². The van der Waals surface area contributed by atoms with Gasteiger partial charge in [0.25, 0.3) is 0 Å². The third-order valence-corrected chi connectivity index (χ3v) is 6.90. The molecule has 38 heavy (non-hydrogen) atoms. The van der Waals surface area contributed by atoms with Crippen LogP contribution in [-0.2, 0) is 32.7 Å². The summed E-state index contributed by atoms with van der Waals surface area (Å²) in [5.41, 5.74) is 3.75.